The van der Waals surface area contributed by atoms with Gasteiger partial charge in [-0.1, -0.05) is 12.1 Å². The highest BCUT2D eigenvalue weighted by atomic mass is 16.2. The molecule has 34 heavy (non-hydrogen) atoms. The summed E-state index contributed by atoms with van der Waals surface area (Å²) in [7, 11) is 4.09. The molecule has 0 fully saturated rings. The zero-order valence-corrected chi connectivity index (χ0v) is 19.9. The number of fused-ring (bicyclic) bond motifs is 4. The lowest BCUT2D eigenvalue weighted by molar-refractivity contribution is 0.0891. The Morgan fingerprint density at radius 2 is 1.94 bits per heavy atom. The minimum atomic E-state index is -0.331. The molecule has 0 saturated carbocycles. The van der Waals surface area contributed by atoms with Crippen molar-refractivity contribution in [3.05, 3.63) is 53.9 Å². The number of carbonyl (C=O) groups excluding carboxylic acids is 2. The van der Waals surface area contributed by atoms with Gasteiger partial charge in [0.1, 0.15) is 17.0 Å². The average Bonchev–Trinajstić information content (AvgIpc) is 3.36. The molecule has 1 aliphatic rings. The van der Waals surface area contributed by atoms with Gasteiger partial charge in [-0.05, 0) is 71.2 Å². The van der Waals surface area contributed by atoms with E-state index >= 15 is 0 Å². The molecule has 1 aliphatic heterocycles. The van der Waals surface area contributed by atoms with E-state index in [1.165, 1.54) is 0 Å². The highest BCUT2D eigenvalue weighted by molar-refractivity contribution is 6.05. The van der Waals surface area contributed by atoms with Crippen LogP contribution >= 0.6 is 0 Å². The molecule has 0 unspecified atom stereocenters. The molecule has 176 valence electrons. The SMILES string of the molecule is C[C@@H]1NC(=O)c2cc3ccc(C(=O)Nc4nc5ccccc5n4CCCN(C)C)nc3n2[C@H]1C. The number of benzene rings is 1. The molecule has 4 aromatic rings. The summed E-state index contributed by atoms with van der Waals surface area (Å²) in [4.78, 5) is 37.2. The van der Waals surface area contributed by atoms with E-state index in [9.17, 15) is 9.59 Å². The van der Waals surface area contributed by atoms with Gasteiger partial charge in [0.25, 0.3) is 11.8 Å². The molecule has 5 rings (SSSR count). The second-order valence-electron chi connectivity index (χ2n) is 9.20. The van der Waals surface area contributed by atoms with E-state index in [2.05, 4.69) is 25.5 Å². The van der Waals surface area contributed by atoms with Crippen LogP contribution in [0.4, 0.5) is 5.95 Å². The molecule has 0 aliphatic carbocycles. The van der Waals surface area contributed by atoms with Crippen molar-refractivity contribution in [3.63, 3.8) is 0 Å². The molecule has 2 amide bonds. The van der Waals surface area contributed by atoms with Crippen LogP contribution in [0.1, 0.15) is 47.3 Å². The van der Waals surface area contributed by atoms with Crippen LogP contribution < -0.4 is 10.6 Å². The van der Waals surface area contributed by atoms with E-state index in [1.54, 1.807) is 6.07 Å². The van der Waals surface area contributed by atoms with E-state index in [0.717, 1.165) is 35.9 Å². The molecule has 0 radical (unpaired) electrons. The number of nitrogens with one attached hydrogen (secondary N) is 2. The monoisotopic (exact) mass is 459 g/mol. The third-order valence-electron chi connectivity index (χ3n) is 6.51. The highest BCUT2D eigenvalue weighted by Gasteiger charge is 2.30. The summed E-state index contributed by atoms with van der Waals surface area (Å²) in [5.74, 6) is 0.0500. The fourth-order valence-electron chi connectivity index (χ4n) is 4.54. The third kappa shape index (κ3) is 3.81. The Labute approximate surface area is 197 Å². The maximum atomic E-state index is 13.2. The van der Waals surface area contributed by atoms with Gasteiger partial charge in [0, 0.05) is 18.0 Å². The zero-order valence-electron chi connectivity index (χ0n) is 19.9. The number of aromatic nitrogens is 4. The Hall–Kier alpha value is -3.72. The minimum absolute atomic E-state index is 0.0249. The van der Waals surface area contributed by atoms with Crippen LogP contribution in [0.5, 0.6) is 0 Å². The summed E-state index contributed by atoms with van der Waals surface area (Å²) in [5, 5.41) is 6.78. The predicted molar refractivity (Wildman–Crippen MR) is 132 cm³/mol. The number of para-hydroxylation sites is 2. The molecule has 4 heterocycles. The highest BCUT2D eigenvalue weighted by Crippen LogP contribution is 2.28. The summed E-state index contributed by atoms with van der Waals surface area (Å²) in [6.45, 7) is 5.67. The molecule has 0 spiro atoms. The number of carbonyl (C=O) groups is 2. The summed E-state index contributed by atoms with van der Waals surface area (Å²) >= 11 is 0. The molecule has 2 atom stereocenters. The van der Waals surface area contributed by atoms with Crippen LogP contribution in [0, 0.1) is 0 Å². The molecular formula is C25H29N7O2. The summed E-state index contributed by atoms with van der Waals surface area (Å²) in [6, 6.07) is 13.2. The summed E-state index contributed by atoms with van der Waals surface area (Å²) in [5.41, 5.74) is 3.30. The van der Waals surface area contributed by atoms with E-state index in [4.69, 9.17) is 0 Å². The summed E-state index contributed by atoms with van der Waals surface area (Å²) < 4.78 is 3.97. The van der Waals surface area contributed by atoms with E-state index in [0.29, 0.717) is 17.3 Å². The van der Waals surface area contributed by atoms with Gasteiger partial charge in [0.2, 0.25) is 5.95 Å². The van der Waals surface area contributed by atoms with Gasteiger partial charge in [0.15, 0.2) is 0 Å². The predicted octanol–water partition coefficient (Wildman–Crippen LogP) is 3.28. The van der Waals surface area contributed by atoms with E-state index in [-0.39, 0.29) is 29.6 Å². The van der Waals surface area contributed by atoms with Gasteiger partial charge in [0.05, 0.1) is 17.1 Å². The van der Waals surface area contributed by atoms with Crippen molar-refractivity contribution in [2.45, 2.75) is 38.9 Å². The molecule has 0 saturated heterocycles. The van der Waals surface area contributed by atoms with Gasteiger partial charge in [-0.15, -0.1) is 0 Å². The standard InChI is InChI=1S/C25H29N7O2/c1-15-16(2)32-21(24(34)26-15)14-17-10-11-19(27-22(17)32)23(33)29-25-28-18-8-5-6-9-20(18)31(25)13-7-12-30(3)4/h5-6,8-11,14-16H,7,12-13H2,1-4H3,(H,26,34)(H,28,29,33)/t15-,16-/m0/s1. The molecule has 1 aromatic carbocycles. The van der Waals surface area contributed by atoms with Crippen LogP contribution in [0.25, 0.3) is 22.1 Å². The second-order valence-corrected chi connectivity index (χ2v) is 9.20. The van der Waals surface area contributed by atoms with Crippen LogP contribution in [-0.2, 0) is 6.54 Å². The van der Waals surface area contributed by atoms with E-state index < -0.39 is 0 Å². The number of hydrogen-bond donors (Lipinski definition) is 2. The number of nitrogens with zero attached hydrogens (tertiary/aromatic N) is 5. The van der Waals surface area contributed by atoms with Crippen molar-refractivity contribution in [2.75, 3.05) is 26.0 Å². The molecule has 3 aromatic heterocycles. The first-order chi connectivity index (χ1) is 16.3. The molecule has 2 N–H and O–H groups in total. The molecule has 0 bridgehead atoms. The fraction of sp³-hybridized carbons (Fsp3) is 0.360. The second kappa shape index (κ2) is 8.57. The van der Waals surface area contributed by atoms with Crippen molar-refractivity contribution in [3.8, 4) is 0 Å². The molecule has 9 heteroatoms. The molecule has 9 nitrogen and oxygen atoms in total. The van der Waals surface area contributed by atoms with Gasteiger partial charge < -0.3 is 19.4 Å². The minimum Gasteiger partial charge on any atom is -0.346 e. The average molecular weight is 460 g/mol. The van der Waals surface area contributed by atoms with Crippen LogP contribution in [0.15, 0.2) is 42.5 Å². The lowest BCUT2D eigenvalue weighted by Gasteiger charge is -2.29. The van der Waals surface area contributed by atoms with Gasteiger partial charge in [-0.3, -0.25) is 14.9 Å². The number of rotatable bonds is 6. The maximum absolute atomic E-state index is 13.2. The van der Waals surface area contributed by atoms with Crippen molar-refractivity contribution in [1.29, 1.82) is 0 Å². The quantitative estimate of drug-likeness (QED) is 0.461. The fourth-order valence-corrected chi connectivity index (χ4v) is 4.54. The van der Waals surface area contributed by atoms with Crippen molar-refractivity contribution < 1.29 is 9.59 Å². The normalized spacial score (nSPS) is 17.9. The number of hydrogen-bond acceptors (Lipinski definition) is 5. The van der Waals surface area contributed by atoms with Gasteiger partial charge >= 0.3 is 0 Å². The largest absolute Gasteiger partial charge is 0.346 e. The van der Waals surface area contributed by atoms with Crippen molar-refractivity contribution >= 4 is 39.8 Å². The maximum Gasteiger partial charge on any atom is 0.276 e. The van der Waals surface area contributed by atoms with Crippen LogP contribution in [0.2, 0.25) is 0 Å². The van der Waals surface area contributed by atoms with E-state index in [1.807, 2.05) is 73.5 Å². The number of aryl methyl sites for hydroxylation is 1. The third-order valence-corrected chi connectivity index (χ3v) is 6.51. The lowest BCUT2D eigenvalue weighted by atomic mass is 10.1. The smallest absolute Gasteiger partial charge is 0.276 e. The summed E-state index contributed by atoms with van der Waals surface area (Å²) in [6.07, 6.45) is 0.925. The van der Waals surface area contributed by atoms with Crippen LogP contribution in [0.3, 0.4) is 0 Å². The van der Waals surface area contributed by atoms with Gasteiger partial charge in [-0.25, -0.2) is 9.97 Å². The molecular weight excluding hydrogens is 430 g/mol. The Balaban J connectivity index is 1.48. The first-order valence-corrected chi connectivity index (χ1v) is 11.6. The van der Waals surface area contributed by atoms with Crippen molar-refractivity contribution in [1.82, 2.24) is 29.3 Å². The number of anilines is 1. The Morgan fingerprint density at radius 1 is 1.15 bits per heavy atom. The van der Waals surface area contributed by atoms with Crippen molar-refractivity contribution in [2.24, 2.45) is 0 Å². The van der Waals surface area contributed by atoms with Crippen LogP contribution in [-0.4, -0.2) is 62.5 Å². The topological polar surface area (TPSA) is 97.1 Å². The number of imidazole rings is 1. The zero-order chi connectivity index (χ0) is 24.0. The number of amides is 2. The lowest BCUT2D eigenvalue weighted by Crippen LogP contribution is -2.44. The Kier molecular flexibility index (Phi) is 5.57. The van der Waals surface area contributed by atoms with Gasteiger partial charge in [-0.2, -0.15) is 0 Å². The Bertz CT molecular complexity index is 1400. The Morgan fingerprint density at radius 3 is 2.74 bits per heavy atom. The first kappa shape index (κ1) is 22.1. The number of pyridine rings is 1. The first-order valence-electron chi connectivity index (χ1n) is 11.6.